The molecule has 0 heterocycles. The number of carbonyl (C=O) groups excluding carboxylic acids is 2. The number of hydrogen-bond donors (Lipinski definition) is 0. The molecule has 8 heteroatoms. The van der Waals surface area contributed by atoms with Crippen LogP contribution in [-0.4, -0.2) is 18.1 Å². The van der Waals surface area contributed by atoms with Gasteiger partial charge in [0.15, 0.2) is 0 Å². The molecule has 0 aromatic rings. The van der Waals surface area contributed by atoms with Crippen LogP contribution in [0.3, 0.4) is 0 Å². The second kappa shape index (κ2) is 6.60. The molecule has 0 N–H and O–H groups in total. The summed E-state index contributed by atoms with van der Waals surface area (Å²) in [5.74, 6) is -3.76. The van der Waals surface area contributed by atoms with Crippen molar-refractivity contribution < 1.29 is 64.7 Å². The topological polar surface area (TPSA) is 43.4 Å². The third-order valence-electron chi connectivity index (χ3n) is 0.468. The van der Waals surface area contributed by atoms with Gasteiger partial charge in [0, 0.05) is 44.1 Å². The molecular formula is C4H3CoF3O3Pd. The van der Waals surface area contributed by atoms with Crippen LogP contribution >= 0.6 is 0 Å². The van der Waals surface area contributed by atoms with Crippen molar-refractivity contribution in [2.75, 3.05) is 0 Å². The normalized spacial score (nSPS) is 9.00. The SMILES string of the molecule is CC(=O)OC(=O)C(F)(F)F.[Co].[Pd]. The van der Waals surface area contributed by atoms with Gasteiger partial charge in [0.1, 0.15) is 0 Å². The summed E-state index contributed by atoms with van der Waals surface area (Å²) in [6, 6.07) is 0. The molecule has 0 amide bonds. The van der Waals surface area contributed by atoms with Crippen LogP contribution < -0.4 is 0 Å². The first-order chi connectivity index (χ1) is 4.34. The van der Waals surface area contributed by atoms with Gasteiger partial charge in [-0.2, -0.15) is 13.2 Å². The van der Waals surface area contributed by atoms with Gasteiger partial charge in [-0.05, 0) is 0 Å². The zero-order chi connectivity index (χ0) is 8.36. The Balaban J connectivity index is -0.000000405. The van der Waals surface area contributed by atoms with E-state index < -0.39 is 18.1 Å². The minimum atomic E-state index is -5.09. The van der Waals surface area contributed by atoms with Crippen LogP contribution in [0.25, 0.3) is 0 Å². The molecule has 0 aliphatic carbocycles. The van der Waals surface area contributed by atoms with E-state index in [4.69, 9.17) is 0 Å². The van der Waals surface area contributed by atoms with Crippen molar-refractivity contribution in [2.45, 2.75) is 13.1 Å². The Bertz CT molecular complexity index is 169. The standard InChI is InChI=1S/C4H3F3O3.Co.Pd/c1-2(8)10-3(9)4(5,6)7;;/h1H3;;. The Morgan fingerprint density at radius 1 is 1.25 bits per heavy atom. The first kappa shape index (κ1) is 18.0. The molecule has 0 rings (SSSR count). The van der Waals surface area contributed by atoms with Crippen LogP contribution in [0.2, 0.25) is 0 Å². The van der Waals surface area contributed by atoms with Crippen molar-refractivity contribution in [3.63, 3.8) is 0 Å². The van der Waals surface area contributed by atoms with Gasteiger partial charge in [-0.3, -0.25) is 4.79 Å². The van der Waals surface area contributed by atoms with E-state index >= 15 is 0 Å². The number of carbonyl (C=O) groups is 2. The number of alkyl halides is 3. The number of rotatable bonds is 0. The quantitative estimate of drug-likeness (QED) is 0.373. The smallest absolute Gasteiger partial charge is 0.387 e. The average Bonchev–Trinajstić information content (AvgIpc) is 1.60. The van der Waals surface area contributed by atoms with Crippen molar-refractivity contribution in [3.8, 4) is 0 Å². The van der Waals surface area contributed by atoms with Crippen LogP contribution in [0, 0.1) is 0 Å². The van der Waals surface area contributed by atoms with Crippen LogP contribution in [0.1, 0.15) is 6.92 Å². The third-order valence-corrected chi connectivity index (χ3v) is 0.468. The molecule has 1 radical (unpaired) electrons. The Morgan fingerprint density at radius 3 is 1.67 bits per heavy atom. The third kappa shape index (κ3) is 8.20. The molecule has 0 aliphatic rings. The predicted molar refractivity (Wildman–Crippen MR) is 22.8 cm³/mol. The van der Waals surface area contributed by atoms with Gasteiger partial charge in [0.2, 0.25) is 0 Å². The Hall–Kier alpha value is 0.0988. The van der Waals surface area contributed by atoms with E-state index in [0.29, 0.717) is 6.92 Å². The fourth-order valence-corrected chi connectivity index (χ4v) is 0.188. The van der Waals surface area contributed by atoms with Crippen LogP contribution in [0.15, 0.2) is 0 Å². The van der Waals surface area contributed by atoms with Gasteiger partial charge >= 0.3 is 18.1 Å². The summed E-state index contributed by atoms with van der Waals surface area (Å²) in [5.41, 5.74) is 0. The van der Waals surface area contributed by atoms with Gasteiger partial charge in [-0.25, -0.2) is 4.79 Å². The first-order valence-corrected chi connectivity index (χ1v) is 2.13. The molecule has 0 aromatic carbocycles. The molecule has 12 heavy (non-hydrogen) atoms. The Labute approximate surface area is 89.9 Å². The van der Waals surface area contributed by atoms with Crippen molar-refractivity contribution in [1.82, 2.24) is 0 Å². The van der Waals surface area contributed by atoms with E-state index in [0.717, 1.165) is 0 Å². The van der Waals surface area contributed by atoms with Gasteiger partial charge in [-0.15, -0.1) is 0 Å². The van der Waals surface area contributed by atoms with Crippen LogP contribution in [0.4, 0.5) is 13.2 Å². The van der Waals surface area contributed by atoms with Crippen molar-refractivity contribution in [2.24, 2.45) is 0 Å². The summed E-state index contributed by atoms with van der Waals surface area (Å²) < 4.78 is 36.8. The molecule has 0 aliphatic heterocycles. The second-order valence-electron chi connectivity index (χ2n) is 1.38. The summed E-state index contributed by atoms with van der Waals surface area (Å²) >= 11 is 0. The van der Waals surface area contributed by atoms with Crippen LogP contribution in [0.5, 0.6) is 0 Å². The summed E-state index contributed by atoms with van der Waals surface area (Å²) in [5, 5.41) is 0. The molecule has 0 bridgehead atoms. The molecule has 0 fully saturated rings. The Morgan fingerprint density at radius 2 is 1.58 bits per heavy atom. The van der Waals surface area contributed by atoms with E-state index in [9.17, 15) is 22.8 Å². The van der Waals surface area contributed by atoms with E-state index in [2.05, 4.69) is 4.74 Å². The van der Waals surface area contributed by atoms with E-state index in [1.165, 1.54) is 0 Å². The van der Waals surface area contributed by atoms with Gasteiger partial charge in [0.25, 0.3) is 0 Å². The van der Waals surface area contributed by atoms with E-state index in [1.807, 2.05) is 0 Å². The second-order valence-corrected chi connectivity index (χ2v) is 1.38. The number of esters is 2. The minimum absolute atomic E-state index is 0. The van der Waals surface area contributed by atoms with Gasteiger partial charge in [-0.1, -0.05) is 0 Å². The fourth-order valence-electron chi connectivity index (χ4n) is 0.188. The Kier molecular flexibility index (Phi) is 9.90. The summed E-state index contributed by atoms with van der Waals surface area (Å²) in [6.07, 6.45) is -5.09. The molecule has 0 saturated heterocycles. The van der Waals surface area contributed by atoms with Gasteiger partial charge in [0.05, 0.1) is 0 Å². The van der Waals surface area contributed by atoms with E-state index in [-0.39, 0.29) is 37.2 Å². The first-order valence-electron chi connectivity index (χ1n) is 2.13. The van der Waals surface area contributed by atoms with Gasteiger partial charge < -0.3 is 4.74 Å². The zero-order valence-corrected chi connectivity index (χ0v) is 8.10. The maximum Gasteiger partial charge on any atom is 0.491 e. The molecule has 0 atom stereocenters. The molecular weight excluding hydrogens is 318 g/mol. The number of halogens is 3. The number of hydrogen-bond acceptors (Lipinski definition) is 3. The van der Waals surface area contributed by atoms with Crippen molar-refractivity contribution in [1.29, 1.82) is 0 Å². The molecule has 0 saturated carbocycles. The molecule has 0 spiro atoms. The number of ether oxygens (including phenoxy) is 1. The summed E-state index contributed by atoms with van der Waals surface area (Å²) in [6.45, 7) is 0.712. The zero-order valence-electron chi connectivity index (χ0n) is 5.51. The van der Waals surface area contributed by atoms with Crippen molar-refractivity contribution in [3.05, 3.63) is 0 Å². The molecule has 0 unspecified atom stereocenters. The molecule has 0 aromatic heterocycles. The molecule has 77 valence electrons. The average molecular weight is 321 g/mol. The maximum absolute atomic E-state index is 11.2. The fraction of sp³-hybridized carbons (Fsp3) is 0.500. The predicted octanol–water partition coefficient (Wildman–Crippen LogP) is 0.633. The molecule has 3 nitrogen and oxygen atoms in total. The van der Waals surface area contributed by atoms with E-state index in [1.54, 1.807) is 0 Å². The summed E-state index contributed by atoms with van der Waals surface area (Å²) in [7, 11) is 0. The van der Waals surface area contributed by atoms with Crippen molar-refractivity contribution >= 4 is 11.9 Å². The maximum atomic E-state index is 11.2. The van der Waals surface area contributed by atoms with Crippen LogP contribution in [-0.2, 0) is 51.5 Å². The summed E-state index contributed by atoms with van der Waals surface area (Å²) in [4.78, 5) is 19.5. The largest absolute Gasteiger partial charge is 0.491 e. The minimum Gasteiger partial charge on any atom is -0.387 e. The monoisotopic (exact) mass is 321 g/mol.